The zero-order valence-electron chi connectivity index (χ0n) is 9.54. The summed E-state index contributed by atoms with van der Waals surface area (Å²) in [5.74, 6) is 0. The molecule has 0 atom stereocenters. The molecule has 0 N–H and O–H groups in total. The van der Waals surface area contributed by atoms with Gasteiger partial charge in [-0.05, 0) is 74.5 Å². The van der Waals surface area contributed by atoms with Gasteiger partial charge >= 0.3 is 0 Å². The maximum absolute atomic E-state index is 3.40. The molecular formula is C14H12Br2I2. The highest BCUT2D eigenvalue weighted by atomic mass is 127. The Kier molecular flexibility index (Phi) is 9.13. The van der Waals surface area contributed by atoms with Gasteiger partial charge in [-0.15, -0.1) is 0 Å². The monoisotopic (exact) mass is 592 g/mol. The molecule has 0 amide bonds. The Morgan fingerprint density at radius 3 is 2.00 bits per heavy atom. The first-order valence-corrected chi connectivity index (χ1v) is 9.67. The van der Waals surface area contributed by atoms with Crippen LogP contribution in [0.15, 0.2) is 48.5 Å². The number of rotatable bonds is 2. The fourth-order valence-corrected chi connectivity index (χ4v) is 3.77. The first kappa shape index (κ1) is 16.9. The molecule has 2 rings (SSSR count). The minimum absolute atomic E-state index is 0.948. The lowest BCUT2D eigenvalue weighted by atomic mass is 10.2. The minimum atomic E-state index is 0.948. The molecular weight excluding hydrogens is 582 g/mol. The number of halogens is 4. The second kappa shape index (κ2) is 9.72. The van der Waals surface area contributed by atoms with Crippen molar-refractivity contribution in [2.75, 3.05) is 0 Å². The maximum atomic E-state index is 3.40. The lowest BCUT2D eigenvalue weighted by Gasteiger charge is -1.95. The first-order chi connectivity index (χ1) is 8.67. The first-order valence-electron chi connectivity index (χ1n) is 5.27. The van der Waals surface area contributed by atoms with Crippen molar-refractivity contribution >= 4 is 77.0 Å². The molecule has 0 heterocycles. The van der Waals surface area contributed by atoms with Gasteiger partial charge in [-0.1, -0.05) is 62.2 Å². The van der Waals surface area contributed by atoms with Crippen LogP contribution in [0.2, 0.25) is 0 Å². The van der Waals surface area contributed by atoms with Gasteiger partial charge in [0, 0.05) is 17.8 Å². The SMILES string of the molecule is BrCc1cccc(I)c1.BrCc1ccccc1I. The predicted octanol–water partition coefficient (Wildman–Crippen LogP) is 6.37. The Bertz CT molecular complexity index is 487. The van der Waals surface area contributed by atoms with Crippen molar-refractivity contribution < 1.29 is 0 Å². The van der Waals surface area contributed by atoms with Crippen molar-refractivity contribution in [2.45, 2.75) is 10.7 Å². The summed E-state index contributed by atoms with van der Waals surface area (Å²) in [4.78, 5) is 0. The summed E-state index contributed by atoms with van der Waals surface area (Å²) >= 11 is 11.4. The lowest BCUT2D eigenvalue weighted by Crippen LogP contribution is -1.79. The van der Waals surface area contributed by atoms with Crippen LogP contribution in [0.5, 0.6) is 0 Å². The topological polar surface area (TPSA) is 0 Å². The molecule has 0 fully saturated rings. The van der Waals surface area contributed by atoms with E-state index in [1.807, 2.05) is 6.07 Å². The van der Waals surface area contributed by atoms with Crippen LogP contribution in [0.1, 0.15) is 11.1 Å². The van der Waals surface area contributed by atoms with Gasteiger partial charge in [0.25, 0.3) is 0 Å². The molecule has 0 aliphatic heterocycles. The average Bonchev–Trinajstić information content (AvgIpc) is 2.40. The van der Waals surface area contributed by atoms with Crippen molar-refractivity contribution in [3.05, 3.63) is 66.8 Å². The summed E-state index contributed by atoms with van der Waals surface area (Å²) in [6.07, 6.45) is 0. The largest absolute Gasteiger partial charge is 0.0876 e. The second-order valence-electron chi connectivity index (χ2n) is 3.49. The van der Waals surface area contributed by atoms with Crippen molar-refractivity contribution in [1.82, 2.24) is 0 Å². The summed E-state index contributed by atoms with van der Waals surface area (Å²) in [5, 5.41) is 1.90. The van der Waals surface area contributed by atoms with Crippen LogP contribution in [-0.4, -0.2) is 0 Å². The molecule has 2 aromatic carbocycles. The van der Waals surface area contributed by atoms with E-state index < -0.39 is 0 Å². The Balaban J connectivity index is 0.000000180. The second-order valence-corrected chi connectivity index (χ2v) is 7.02. The van der Waals surface area contributed by atoms with Crippen LogP contribution in [0.4, 0.5) is 0 Å². The summed E-state index contributed by atoms with van der Waals surface area (Å²) in [5.41, 5.74) is 2.69. The molecule has 0 spiro atoms. The van der Waals surface area contributed by atoms with Gasteiger partial charge in [-0.2, -0.15) is 0 Å². The molecule has 18 heavy (non-hydrogen) atoms. The van der Waals surface area contributed by atoms with E-state index in [-0.39, 0.29) is 0 Å². The van der Waals surface area contributed by atoms with Crippen LogP contribution >= 0.6 is 77.0 Å². The molecule has 0 nitrogen and oxygen atoms in total. The van der Waals surface area contributed by atoms with Crippen molar-refractivity contribution in [3.8, 4) is 0 Å². The zero-order chi connectivity index (χ0) is 13.4. The van der Waals surface area contributed by atoms with Crippen LogP contribution in [0, 0.1) is 7.14 Å². The lowest BCUT2D eigenvalue weighted by molar-refractivity contribution is 1.40. The highest BCUT2D eigenvalue weighted by Crippen LogP contribution is 2.13. The molecule has 2 aromatic rings. The van der Waals surface area contributed by atoms with Crippen molar-refractivity contribution in [1.29, 1.82) is 0 Å². The summed E-state index contributed by atoms with van der Waals surface area (Å²) in [6, 6.07) is 16.8. The van der Waals surface area contributed by atoms with Gasteiger partial charge in [0.05, 0.1) is 0 Å². The number of hydrogen-bond acceptors (Lipinski definition) is 0. The quantitative estimate of drug-likeness (QED) is 0.280. The van der Waals surface area contributed by atoms with E-state index in [4.69, 9.17) is 0 Å². The van der Waals surface area contributed by atoms with Crippen LogP contribution < -0.4 is 0 Å². The van der Waals surface area contributed by atoms with Gasteiger partial charge in [0.2, 0.25) is 0 Å². The van der Waals surface area contributed by atoms with Gasteiger partial charge < -0.3 is 0 Å². The molecule has 0 saturated carbocycles. The summed E-state index contributed by atoms with van der Waals surface area (Å²) in [6.45, 7) is 0. The Hall–Kier alpha value is 0.860. The third-order valence-electron chi connectivity index (χ3n) is 2.15. The smallest absolute Gasteiger partial charge is 0.0293 e. The van der Waals surface area contributed by atoms with Gasteiger partial charge in [0.15, 0.2) is 0 Å². The number of benzene rings is 2. The van der Waals surface area contributed by atoms with E-state index in [0.29, 0.717) is 0 Å². The van der Waals surface area contributed by atoms with Crippen LogP contribution in [0.3, 0.4) is 0 Å². The number of hydrogen-bond donors (Lipinski definition) is 0. The summed E-state index contributed by atoms with van der Waals surface area (Å²) < 4.78 is 2.62. The van der Waals surface area contributed by atoms with E-state index >= 15 is 0 Å². The van der Waals surface area contributed by atoms with E-state index in [9.17, 15) is 0 Å². The molecule has 0 unspecified atom stereocenters. The molecule has 4 heteroatoms. The molecule has 96 valence electrons. The molecule has 0 aromatic heterocycles. The van der Waals surface area contributed by atoms with E-state index in [2.05, 4.69) is 120 Å². The molecule has 0 aliphatic rings. The van der Waals surface area contributed by atoms with Crippen LogP contribution in [0.25, 0.3) is 0 Å². The fraction of sp³-hybridized carbons (Fsp3) is 0.143. The van der Waals surface area contributed by atoms with E-state index in [1.54, 1.807) is 0 Å². The Morgan fingerprint density at radius 2 is 1.56 bits per heavy atom. The minimum Gasteiger partial charge on any atom is -0.0876 e. The molecule has 0 aliphatic carbocycles. The third kappa shape index (κ3) is 6.34. The Morgan fingerprint density at radius 1 is 0.833 bits per heavy atom. The predicted molar refractivity (Wildman–Crippen MR) is 104 cm³/mol. The van der Waals surface area contributed by atoms with Crippen molar-refractivity contribution in [3.63, 3.8) is 0 Å². The highest BCUT2D eigenvalue weighted by molar-refractivity contribution is 14.1. The Labute approximate surface area is 152 Å². The third-order valence-corrected chi connectivity index (χ3v) is 5.12. The van der Waals surface area contributed by atoms with E-state index in [0.717, 1.165) is 10.7 Å². The maximum Gasteiger partial charge on any atom is 0.0293 e. The summed E-state index contributed by atoms with van der Waals surface area (Å²) in [7, 11) is 0. The molecule has 0 radical (unpaired) electrons. The molecule has 0 saturated heterocycles. The zero-order valence-corrected chi connectivity index (χ0v) is 17.0. The van der Waals surface area contributed by atoms with Gasteiger partial charge in [-0.3, -0.25) is 0 Å². The fourth-order valence-electron chi connectivity index (χ4n) is 1.23. The molecule has 0 bridgehead atoms. The normalized spacial score (nSPS) is 9.56. The highest BCUT2D eigenvalue weighted by Gasteiger charge is 1.92. The van der Waals surface area contributed by atoms with Crippen molar-refractivity contribution in [2.24, 2.45) is 0 Å². The standard InChI is InChI=1S/2C7H6BrI/c8-5-6-2-1-3-7(9)4-6;8-5-6-3-1-2-4-7(6)9/h2*1-4H,5H2. The van der Waals surface area contributed by atoms with Gasteiger partial charge in [-0.25, -0.2) is 0 Å². The average molecular weight is 594 g/mol. The van der Waals surface area contributed by atoms with Gasteiger partial charge in [0.1, 0.15) is 0 Å². The van der Waals surface area contributed by atoms with E-state index in [1.165, 1.54) is 18.3 Å². The van der Waals surface area contributed by atoms with Crippen LogP contribution in [-0.2, 0) is 10.7 Å². The number of alkyl halides is 2.